The molecule has 0 aliphatic carbocycles. The molecule has 1 aliphatic heterocycles. The molecule has 0 radical (unpaired) electrons. The highest BCUT2D eigenvalue weighted by molar-refractivity contribution is 5.68. The number of nitrogens with zero attached hydrogens (tertiary/aromatic N) is 1. The smallest absolute Gasteiger partial charge is 0.314 e. The second-order valence-electron chi connectivity index (χ2n) is 6.61. The topological polar surface area (TPSA) is 15.3 Å². The molecule has 2 aromatic carbocycles. The number of hydrogen-bond acceptors (Lipinski definition) is 2. The van der Waals surface area contributed by atoms with Gasteiger partial charge in [0.1, 0.15) is 0 Å². The quantitative estimate of drug-likeness (QED) is 0.869. The Labute approximate surface area is 146 Å². The van der Waals surface area contributed by atoms with Crippen molar-refractivity contribution in [2.45, 2.75) is 26.1 Å². The van der Waals surface area contributed by atoms with E-state index in [1.807, 2.05) is 12.1 Å². The van der Waals surface area contributed by atoms with Gasteiger partial charge in [0.2, 0.25) is 0 Å². The van der Waals surface area contributed by atoms with Crippen molar-refractivity contribution in [2.75, 3.05) is 26.2 Å². The number of nitrogens with one attached hydrogen (secondary N) is 1. The Morgan fingerprint density at radius 2 is 1.76 bits per heavy atom. The Balaban J connectivity index is 1.88. The van der Waals surface area contributed by atoms with Crippen LogP contribution in [0, 0.1) is 6.92 Å². The van der Waals surface area contributed by atoms with Crippen molar-refractivity contribution < 1.29 is 13.2 Å². The molecule has 1 saturated heterocycles. The second-order valence-corrected chi connectivity index (χ2v) is 6.61. The number of hydrogen-bond donors (Lipinski definition) is 1. The van der Waals surface area contributed by atoms with Gasteiger partial charge >= 0.3 is 6.18 Å². The zero-order valence-corrected chi connectivity index (χ0v) is 14.5. The zero-order chi connectivity index (χ0) is 18.0. The second kappa shape index (κ2) is 7.18. The van der Waals surface area contributed by atoms with Gasteiger partial charge in [-0.2, -0.15) is 13.2 Å². The van der Waals surface area contributed by atoms with Gasteiger partial charge in [-0.05, 0) is 54.3 Å². The molecule has 0 saturated carbocycles. The lowest BCUT2D eigenvalue weighted by molar-refractivity contribution is -0.137. The third-order valence-electron chi connectivity index (χ3n) is 4.93. The maximum Gasteiger partial charge on any atom is 0.416 e. The van der Waals surface area contributed by atoms with Crippen molar-refractivity contribution in [3.63, 3.8) is 0 Å². The lowest BCUT2D eigenvalue weighted by Crippen LogP contribution is -2.44. The fourth-order valence-electron chi connectivity index (χ4n) is 3.41. The monoisotopic (exact) mass is 348 g/mol. The summed E-state index contributed by atoms with van der Waals surface area (Å²) in [5, 5.41) is 3.35. The average molecular weight is 348 g/mol. The molecular weight excluding hydrogens is 325 g/mol. The first-order chi connectivity index (χ1) is 11.9. The van der Waals surface area contributed by atoms with Gasteiger partial charge in [0, 0.05) is 32.2 Å². The van der Waals surface area contributed by atoms with Crippen LogP contribution >= 0.6 is 0 Å². The summed E-state index contributed by atoms with van der Waals surface area (Å²) in [5.41, 5.74) is 3.05. The highest BCUT2D eigenvalue weighted by atomic mass is 19.4. The Kier molecular flexibility index (Phi) is 5.16. The van der Waals surface area contributed by atoms with Gasteiger partial charge in [0.25, 0.3) is 0 Å². The minimum Gasteiger partial charge on any atom is -0.314 e. The van der Waals surface area contributed by atoms with Crippen LogP contribution < -0.4 is 5.32 Å². The van der Waals surface area contributed by atoms with Gasteiger partial charge in [0.05, 0.1) is 5.56 Å². The van der Waals surface area contributed by atoms with E-state index in [-0.39, 0.29) is 6.04 Å². The van der Waals surface area contributed by atoms with E-state index in [0.29, 0.717) is 5.56 Å². The molecule has 2 nitrogen and oxygen atoms in total. The third-order valence-corrected chi connectivity index (χ3v) is 4.93. The highest BCUT2D eigenvalue weighted by Gasteiger charge is 2.30. The molecule has 5 heteroatoms. The standard InChI is InChI=1S/C20H23F3N2/c1-14-12-18(20(21,22)23)6-7-19(14)17-5-3-4-16(13-17)15(2)25-10-8-24-9-11-25/h3-7,12-13,15,24H,8-11H2,1-2H3. The normalized spacial score (nSPS) is 17.5. The first-order valence-corrected chi connectivity index (χ1v) is 8.59. The van der Waals surface area contributed by atoms with Crippen molar-refractivity contribution >= 4 is 0 Å². The molecule has 25 heavy (non-hydrogen) atoms. The molecule has 1 atom stereocenters. The predicted molar refractivity (Wildman–Crippen MR) is 94.5 cm³/mol. The lowest BCUT2D eigenvalue weighted by atomic mass is 9.95. The van der Waals surface area contributed by atoms with E-state index in [2.05, 4.69) is 29.3 Å². The van der Waals surface area contributed by atoms with Crippen molar-refractivity contribution in [1.82, 2.24) is 10.2 Å². The fraction of sp³-hybridized carbons (Fsp3) is 0.400. The maximum atomic E-state index is 12.9. The van der Waals surface area contributed by atoms with E-state index in [1.54, 1.807) is 13.0 Å². The maximum absolute atomic E-state index is 12.9. The van der Waals surface area contributed by atoms with Gasteiger partial charge < -0.3 is 5.32 Å². The number of benzene rings is 2. The number of aryl methyl sites for hydroxylation is 1. The molecule has 0 amide bonds. The molecule has 3 rings (SSSR count). The predicted octanol–water partition coefficient (Wildman–Crippen LogP) is 4.65. The van der Waals surface area contributed by atoms with E-state index in [0.717, 1.165) is 43.4 Å². The number of rotatable bonds is 3. The van der Waals surface area contributed by atoms with Crippen LogP contribution in [0.2, 0.25) is 0 Å². The summed E-state index contributed by atoms with van der Waals surface area (Å²) in [5.74, 6) is 0. The van der Waals surface area contributed by atoms with Crippen LogP contribution in [0.5, 0.6) is 0 Å². The first-order valence-electron chi connectivity index (χ1n) is 8.59. The summed E-state index contributed by atoms with van der Waals surface area (Å²) in [4.78, 5) is 2.43. The molecule has 134 valence electrons. The minimum atomic E-state index is -4.30. The van der Waals surface area contributed by atoms with Crippen molar-refractivity contribution in [3.8, 4) is 11.1 Å². The van der Waals surface area contributed by atoms with Gasteiger partial charge in [-0.25, -0.2) is 0 Å². The molecule has 1 heterocycles. The fourth-order valence-corrected chi connectivity index (χ4v) is 3.41. The van der Waals surface area contributed by atoms with Crippen LogP contribution in [-0.2, 0) is 6.18 Å². The highest BCUT2D eigenvalue weighted by Crippen LogP contribution is 2.34. The molecular formula is C20H23F3N2. The summed E-state index contributed by atoms with van der Waals surface area (Å²) in [7, 11) is 0. The third kappa shape index (κ3) is 4.05. The van der Waals surface area contributed by atoms with E-state index in [4.69, 9.17) is 0 Å². The van der Waals surface area contributed by atoms with Crippen LogP contribution in [0.25, 0.3) is 11.1 Å². The van der Waals surface area contributed by atoms with Gasteiger partial charge in [-0.15, -0.1) is 0 Å². The van der Waals surface area contributed by atoms with Gasteiger partial charge in [0.15, 0.2) is 0 Å². The van der Waals surface area contributed by atoms with E-state index >= 15 is 0 Å². The Morgan fingerprint density at radius 1 is 1.04 bits per heavy atom. The summed E-state index contributed by atoms with van der Waals surface area (Å²) in [6, 6.07) is 12.4. The summed E-state index contributed by atoms with van der Waals surface area (Å²) >= 11 is 0. The molecule has 1 fully saturated rings. The number of halogens is 3. The van der Waals surface area contributed by atoms with E-state index in [1.165, 1.54) is 11.6 Å². The molecule has 0 bridgehead atoms. The number of alkyl halides is 3. The molecule has 1 N–H and O–H groups in total. The summed E-state index contributed by atoms with van der Waals surface area (Å²) in [6.07, 6.45) is -4.30. The Morgan fingerprint density at radius 3 is 2.40 bits per heavy atom. The van der Waals surface area contributed by atoms with E-state index < -0.39 is 11.7 Å². The SMILES string of the molecule is Cc1cc(C(F)(F)F)ccc1-c1cccc(C(C)N2CCNCC2)c1. The molecule has 0 aromatic heterocycles. The van der Waals surface area contributed by atoms with Crippen LogP contribution in [-0.4, -0.2) is 31.1 Å². The lowest BCUT2D eigenvalue weighted by Gasteiger charge is -2.33. The number of piperazine rings is 1. The van der Waals surface area contributed by atoms with Crippen LogP contribution in [0.1, 0.15) is 29.7 Å². The molecule has 0 spiro atoms. The van der Waals surface area contributed by atoms with Crippen LogP contribution in [0.15, 0.2) is 42.5 Å². The Hall–Kier alpha value is -1.85. The largest absolute Gasteiger partial charge is 0.416 e. The zero-order valence-electron chi connectivity index (χ0n) is 14.5. The molecule has 1 aliphatic rings. The van der Waals surface area contributed by atoms with Crippen LogP contribution in [0.4, 0.5) is 13.2 Å². The minimum absolute atomic E-state index is 0.289. The van der Waals surface area contributed by atoms with Crippen molar-refractivity contribution in [2.24, 2.45) is 0 Å². The Bertz CT molecular complexity index is 734. The molecule has 1 unspecified atom stereocenters. The summed E-state index contributed by atoms with van der Waals surface area (Å²) < 4.78 is 38.6. The first kappa shape index (κ1) is 18.0. The molecule has 2 aromatic rings. The van der Waals surface area contributed by atoms with E-state index in [9.17, 15) is 13.2 Å². The van der Waals surface area contributed by atoms with Gasteiger partial charge in [-0.1, -0.05) is 24.3 Å². The van der Waals surface area contributed by atoms with Crippen molar-refractivity contribution in [3.05, 3.63) is 59.2 Å². The van der Waals surface area contributed by atoms with Crippen molar-refractivity contribution in [1.29, 1.82) is 0 Å². The average Bonchev–Trinajstić information content (AvgIpc) is 2.61. The van der Waals surface area contributed by atoms with Crippen LogP contribution in [0.3, 0.4) is 0 Å². The summed E-state index contributed by atoms with van der Waals surface area (Å²) in [6.45, 7) is 7.90. The van der Waals surface area contributed by atoms with Gasteiger partial charge in [-0.3, -0.25) is 4.90 Å².